The lowest BCUT2D eigenvalue weighted by Crippen LogP contribution is -2.11. The molecule has 0 saturated carbocycles. The summed E-state index contributed by atoms with van der Waals surface area (Å²) in [4.78, 5) is 4.31. The first-order valence-corrected chi connectivity index (χ1v) is 7.37. The van der Waals surface area contributed by atoms with Gasteiger partial charge in [0.05, 0.1) is 11.6 Å². The second-order valence-corrected chi connectivity index (χ2v) is 5.99. The van der Waals surface area contributed by atoms with Gasteiger partial charge in [-0.2, -0.15) is 0 Å². The van der Waals surface area contributed by atoms with Gasteiger partial charge in [-0.3, -0.25) is 4.98 Å². The van der Waals surface area contributed by atoms with Gasteiger partial charge in [0.1, 0.15) is 0 Å². The number of nitrogens with zero attached hydrogens (tertiary/aromatic N) is 1. The summed E-state index contributed by atoms with van der Waals surface area (Å²) in [6.07, 6.45) is 1.79. The van der Waals surface area contributed by atoms with Crippen LogP contribution in [0.3, 0.4) is 0 Å². The van der Waals surface area contributed by atoms with Gasteiger partial charge in [0.25, 0.3) is 0 Å². The Labute approximate surface area is 130 Å². The highest BCUT2D eigenvalue weighted by molar-refractivity contribution is 9.10. The van der Waals surface area contributed by atoms with Crippen LogP contribution >= 0.6 is 27.5 Å². The Morgan fingerprint density at radius 2 is 1.90 bits per heavy atom. The van der Waals surface area contributed by atoms with E-state index in [9.17, 15) is 0 Å². The molecule has 0 aliphatic rings. The van der Waals surface area contributed by atoms with Gasteiger partial charge < -0.3 is 5.73 Å². The molecule has 0 amide bonds. The van der Waals surface area contributed by atoms with Crippen molar-refractivity contribution in [3.05, 3.63) is 75.4 Å². The lowest BCUT2D eigenvalue weighted by molar-refractivity contribution is 0.872. The third-order valence-corrected chi connectivity index (χ3v) is 3.91. The first kappa shape index (κ1) is 13.6. The van der Waals surface area contributed by atoms with E-state index < -0.39 is 0 Å². The summed E-state index contributed by atoms with van der Waals surface area (Å²) in [5.74, 6) is 0. The number of nitrogens with two attached hydrogens (primary N) is 1. The Hall–Kier alpha value is -1.42. The van der Waals surface area contributed by atoms with Crippen molar-refractivity contribution >= 4 is 38.4 Å². The maximum atomic E-state index is 6.35. The molecular formula is C16H12BrClN2. The molecule has 0 aliphatic carbocycles. The number of hydrogen-bond acceptors (Lipinski definition) is 2. The Kier molecular flexibility index (Phi) is 3.74. The van der Waals surface area contributed by atoms with E-state index in [0.717, 1.165) is 26.5 Å². The van der Waals surface area contributed by atoms with Gasteiger partial charge in [-0.1, -0.05) is 39.7 Å². The summed E-state index contributed by atoms with van der Waals surface area (Å²) in [7, 11) is 0. The monoisotopic (exact) mass is 346 g/mol. The molecule has 3 aromatic rings. The summed E-state index contributed by atoms with van der Waals surface area (Å²) in [5, 5.41) is 1.76. The SMILES string of the molecule is NC(c1cc(Cl)cc(Br)c1)c1ccc2ncccc2c1. The van der Waals surface area contributed by atoms with Crippen molar-refractivity contribution in [3.63, 3.8) is 0 Å². The average molecular weight is 348 g/mol. The number of benzene rings is 2. The van der Waals surface area contributed by atoms with E-state index >= 15 is 0 Å². The summed E-state index contributed by atoms with van der Waals surface area (Å²) < 4.78 is 0.929. The van der Waals surface area contributed by atoms with Crippen LogP contribution in [-0.2, 0) is 0 Å². The third kappa shape index (κ3) is 2.70. The summed E-state index contributed by atoms with van der Waals surface area (Å²) >= 11 is 9.52. The molecule has 1 heterocycles. The van der Waals surface area contributed by atoms with Gasteiger partial charge in [0.15, 0.2) is 0 Å². The van der Waals surface area contributed by atoms with E-state index in [1.54, 1.807) is 6.20 Å². The Morgan fingerprint density at radius 3 is 2.70 bits per heavy atom. The summed E-state index contributed by atoms with van der Waals surface area (Å²) in [6.45, 7) is 0. The predicted molar refractivity (Wildman–Crippen MR) is 86.9 cm³/mol. The van der Waals surface area contributed by atoms with Crippen molar-refractivity contribution in [2.24, 2.45) is 5.73 Å². The first-order chi connectivity index (χ1) is 9.63. The fraction of sp³-hybridized carbons (Fsp3) is 0.0625. The fourth-order valence-electron chi connectivity index (χ4n) is 2.23. The molecule has 0 radical (unpaired) electrons. The zero-order valence-electron chi connectivity index (χ0n) is 10.6. The van der Waals surface area contributed by atoms with Crippen LogP contribution in [-0.4, -0.2) is 4.98 Å². The number of rotatable bonds is 2. The maximum Gasteiger partial charge on any atom is 0.0702 e. The van der Waals surface area contributed by atoms with Crippen molar-refractivity contribution in [2.75, 3.05) is 0 Å². The van der Waals surface area contributed by atoms with Gasteiger partial charge in [-0.25, -0.2) is 0 Å². The molecule has 0 aliphatic heterocycles. The smallest absolute Gasteiger partial charge is 0.0702 e. The number of hydrogen-bond donors (Lipinski definition) is 1. The Bertz CT molecular complexity index is 753. The molecule has 0 saturated heterocycles. The van der Waals surface area contributed by atoms with Crippen LogP contribution in [0.4, 0.5) is 0 Å². The lowest BCUT2D eigenvalue weighted by atomic mass is 9.98. The standard InChI is InChI=1S/C16H12BrClN2/c17-13-7-12(8-14(18)9-13)16(19)11-3-4-15-10(6-11)2-1-5-20-15/h1-9,16H,19H2. The molecule has 1 unspecified atom stereocenters. The second-order valence-electron chi connectivity index (χ2n) is 4.64. The second kappa shape index (κ2) is 5.52. The molecule has 100 valence electrons. The molecule has 0 bridgehead atoms. The van der Waals surface area contributed by atoms with E-state index in [0.29, 0.717) is 5.02 Å². The van der Waals surface area contributed by atoms with E-state index in [-0.39, 0.29) is 6.04 Å². The van der Waals surface area contributed by atoms with Crippen molar-refractivity contribution in [2.45, 2.75) is 6.04 Å². The van der Waals surface area contributed by atoms with Crippen molar-refractivity contribution < 1.29 is 0 Å². The normalized spacial score (nSPS) is 12.6. The lowest BCUT2D eigenvalue weighted by Gasteiger charge is -2.14. The minimum Gasteiger partial charge on any atom is -0.320 e. The van der Waals surface area contributed by atoms with Crippen molar-refractivity contribution in [1.29, 1.82) is 0 Å². The highest BCUT2D eigenvalue weighted by Gasteiger charge is 2.11. The summed E-state index contributed by atoms with van der Waals surface area (Å²) in [5.41, 5.74) is 9.33. The van der Waals surface area contributed by atoms with E-state index in [4.69, 9.17) is 17.3 Å². The van der Waals surface area contributed by atoms with E-state index in [1.165, 1.54) is 0 Å². The first-order valence-electron chi connectivity index (χ1n) is 6.20. The highest BCUT2D eigenvalue weighted by atomic mass is 79.9. The highest BCUT2D eigenvalue weighted by Crippen LogP contribution is 2.27. The molecule has 4 heteroatoms. The molecule has 1 atom stereocenters. The molecule has 2 nitrogen and oxygen atoms in total. The van der Waals surface area contributed by atoms with Crippen LogP contribution in [0, 0.1) is 0 Å². The third-order valence-electron chi connectivity index (χ3n) is 3.23. The molecular weight excluding hydrogens is 336 g/mol. The topological polar surface area (TPSA) is 38.9 Å². The van der Waals surface area contributed by atoms with Crippen LogP contribution in [0.15, 0.2) is 59.2 Å². The quantitative estimate of drug-likeness (QED) is 0.730. The van der Waals surface area contributed by atoms with Crippen LogP contribution in [0.2, 0.25) is 5.02 Å². The van der Waals surface area contributed by atoms with E-state index in [2.05, 4.69) is 27.0 Å². The average Bonchev–Trinajstić information content (AvgIpc) is 2.45. The van der Waals surface area contributed by atoms with E-state index in [1.807, 2.05) is 42.5 Å². The minimum atomic E-state index is -0.213. The number of fused-ring (bicyclic) bond motifs is 1. The number of aromatic nitrogens is 1. The number of pyridine rings is 1. The van der Waals surface area contributed by atoms with Gasteiger partial charge in [-0.15, -0.1) is 0 Å². The van der Waals surface area contributed by atoms with Gasteiger partial charge >= 0.3 is 0 Å². The molecule has 20 heavy (non-hydrogen) atoms. The van der Waals surface area contributed by atoms with Crippen molar-refractivity contribution in [1.82, 2.24) is 4.98 Å². The van der Waals surface area contributed by atoms with Crippen LogP contribution in [0.5, 0.6) is 0 Å². The minimum absolute atomic E-state index is 0.213. The van der Waals surface area contributed by atoms with Crippen LogP contribution in [0.1, 0.15) is 17.2 Å². The summed E-state index contributed by atoms with van der Waals surface area (Å²) in [6, 6.07) is 15.5. The molecule has 3 rings (SSSR count). The zero-order chi connectivity index (χ0) is 14.1. The fourth-order valence-corrected chi connectivity index (χ4v) is 3.12. The van der Waals surface area contributed by atoms with Crippen LogP contribution < -0.4 is 5.73 Å². The molecule has 0 fully saturated rings. The van der Waals surface area contributed by atoms with Crippen molar-refractivity contribution in [3.8, 4) is 0 Å². The molecule has 2 aromatic carbocycles. The van der Waals surface area contributed by atoms with Gasteiger partial charge in [-0.05, 0) is 47.5 Å². The molecule has 2 N–H and O–H groups in total. The number of halogens is 2. The van der Waals surface area contributed by atoms with Crippen LogP contribution in [0.25, 0.3) is 10.9 Å². The molecule has 1 aromatic heterocycles. The largest absolute Gasteiger partial charge is 0.320 e. The molecule has 0 spiro atoms. The van der Waals surface area contributed by atoms with Gasteiger partial charge in [0, 0.05) is 21.1 Å². The zero-order valence-corrected chi connectivity index (χ0v) is 12.9. The predicted octanol–water partition coefficient (Wildman–Crippen LogP) is 4.70. The van der Waals surface area contributed by atoms with Gasteiger partial charge in [0.2, 0.25) is 0 Å². The Balaban J connectivity index is 2.05. The Morgan fingerprint density at radius 1 is 1.05 bits per heavy atom. The maximum absolute atomic E-state index is 6.35.